The van der Waals surface area contributed by atoms with Crippen LogP contribution in [0.15, 0.2) is 29.4 Å². The predicted molar refractivity (Wildman–Crippen MR) is 91.7 cm³/mol. The molecular formula is C15H12ClF3N6S. The summed E-state index contributed by atoms with van der Waals surface area (Å²) in [6, 6.07) is 4.32. The van der Waals surface area contributed by atoms with Crippen molar-refractivity contribution in [3.8, 4) is 23.0 Å². The van der Waals surface area contributed by atoms with Gasteiger partial charge in [-0.15, -0.1) is 22.0 Å². The fourth-order valence-electron chi connectivity index (χ4n) is 2.25. The summed E-state index contributed by atoms with van der Waals surface area (Å²) in [4.78, 5) is 12.3. The van der Waals surface area contributed by atoms with Crippen LogP contribution in [0.4, 0.5) is 13.2 Å². The van der Waals surface area contributed by atoms with Crippen molar-refractivity contribution in [3.63, 3.8) is 0 Å². The molecule has 0 spiro atoms. The van der Waals surface area contributed by atoms with Crippen molar-refractivity contribution in [2.24, 2.45) is 7.05 Å². The summed E-state index contributed by atoms with van der Waals surface area (Å²) < 4.78 is 40.2. The largest absolute Gasteiger partial charge is 0.433 e. The van der Waals surface area contributed by atoms with Crippen LogP contribution in [-0.2, 0) is 13.2 Å². The van der Waals surface area contributed by atoms with Gasteiger partial charge in [0.05, 0.1) is 0 Å². The zero-order valence-corrected chi connectivity index (χ0v) is 15.2. The molecule has 0 bridgehead atoms. The zero-order chi connectivity index (χ0) is 18.9. The molecule has 0 atom stereocenters. The highest BCUT2D eigenvalue weighted by Crippen LogP contribution is 2.32. The Labute approximate surface area is 155 Å². The fraction of sp³-hybridized carbons (Fsp3) is 0.267. The Bertz CT molecular complexity index is 943. The number of halogens is 4. The number of alkyl halides is 3. The number of thioether (sulfide) groups is 1. The van der Waals surface area contributed by atoms with Gasteiger partial charge in [-0.1, -0.05) is 18.5 Å². The number of pyridine rings is 1. The van der Waals surface area contributed by atoms with Crippen molar-refractivity contribution >= 4 is 23.4 Å². The summed E-state index contributed by atoms with van der Waals surface area (Å²) in [5.74, 6) is 1.36. The Morgan fingerprint density at radius 2 is 1.88 bits per heavy atom. The minimum absolute atomic E-state index is 0.0142. The van der Waals surface area contributed by atoms with E-state index in [1.54, 1.807) is 24.9 Å². The smallest absolute Gasteiger partial charge is 0.307 e. The van der Waals surface area contributed by atoms with E-state index in [1.807, 2.05) is 13.0 Å². The molecule has 0 unspecified atom stereocenters. The van der Waals surface area contributed by atoms with E-state index in [-0.39, 0.29) is 16.7 Å². The second kappa shape index (κ2) is 7.20. The van der Waals surface area contributed by atoms with Crippen molar-refractivity contribution in [3.05, 3.63) is 35.4 Å². The molecule has 0 aliphatic heterocycles. The van der Waals surface area contributed by atoms with Crippen molar-refractivity contribution in [1.29, 1.82) is 0 Å². The molecule has 0 radical (unpaired) electrons. The lowest BCUT2D eigenvalue weighted by Gasteiger charge is -2.09. The topological polar surface area (TPSA) is 69.4 Å². The van der Waals surface area contributed by atoms with Crippen molar-refractivity contribution < 1.29 is 13.2 Å². The quantitative estimate of drug-likeness (QED) is 0.484. The third kappa shape index (κ3) is 3.65. The van der Waals surface area contributed by atoms with Gasteiger partial charge in [0.1, 0.15) is 28.6 Å². The van der Waals surface area contributed by atoms with Gasteiger partial charge in [0.25, 0.3) is 0 Å². The molecule has 3 heterocycles. The Balaban J connectivity index is 2.09. The van der Waals surface area contributed by atoms with Crippen molar-refractivity contribution in [1.82, 2.24) is 29.7 Å². The number of nitrogens with zero attached hydrogens (tertiary/aromatic N) is 6. The molecule has 26 heavy (non-hydrogen) atoms. The van der Waals surface area contributed by atoms with Gasteiger partial charge in [0, 0.05) is 11.9 Å². The Morgan fingerprint density at radius 1 is 1.15 bits per heavy atom. The van der Waals surface area contributed by atoms with E-state index in [0.29, 0.717) is 11.5 Å². The van der Waals surface area contributed by atoms with Gasteiger partial charge in [0.2, 0.25) is 0 Å². The molecule has 0 aromatic carbocycles. The molecule has 11 heteroatoms. The van der Waals surface area contributed by atoms with Crippen LogP contribution in [0, 0.1) is 0 Å². The van der Waals surface area contributed by atoms with Crippen LogP contribution in [0.3, 0.4) is 0 Å². The van der Waals surface area contributed by atoms with Gasteiger partial charge in [-0.25, -0.2) is 15.0 Å². The molecule has 0 fully saturated rings. The maximum atomic E-state index is 12.9. The van der Waals surface area contributed by atoms with Crippen LogP contribution in [-0.4, -0.2) is 35.5 Å². The third-order valence-corrected chi connectivity index (χ3v) is 4.54. The summed E-state index contributed by atoms with van der Waals surface area (Å²) in [5.41, 5.74) is -0.522. The maximum Gasteiger partial charge on any atom is 0.433 e. The average molecular weight is 401 g/mol. The van der Waals surface area contributed by atoms with E-state index in [9.17, 15) is 13.2 Å². The van der Waals surface area contributed by atoms with Gasteiger partial charge in [-0.2, -0.15) is 13.2 Å². The zero-order valence-electron chi connectivity index (χ0n) is 13.6. The molecule has 0 amide bonds. The highest BCUT2D eigenvalue weighted by atomic mass is 35.5. The number of hydrogen-bond donors (Lipinski definition) is 0. The predicted octanol–water partition coefficient (Wildman–Crippen LogP) is 4.12. The lowest BCUT2D eigenvalue weighted by atomic mass is 10.3. The van der Waals surface area contributed by atoms with Crippen molar-refractivity contribution in [2.45, 2.75) is 18.0 Å². The van der Waals surface area contributed by atoms with E-state index >= 15 is 0 Å². The van der Waals surface area contributed by atoms with Gasteiger partial charge in [-0.05, 0) is 24.0 Å². The highest BCUT2D eigenvalue weighted by molar-refractivity contribution is 7.99. The summed E-state index contributed by atoms with van der Waals surface area (Å²) in [6.45, 7) is 1.99. The first-order valence-electron chi connectivity index (χ1n) is 7.40. The Morgan fingerprint density at radius 3 is 2.58 bits per heavy atom. The Hall–Kier alpha value is -2.20. The van der Waals surface area contributed by atoms with E-state index in [2.05, 4.69) is 25.1 Å². The van der Waals surface area contributed by atoms with Crippen LogP contribution in [0.2, 0.25) is 5.15 Å². The minimum Gasteiger partial charge on any atom is -0.307 e. The molecule has 136 valence electrons. The molecule has 0 saturated carbocycles. The minimum atomic E-state index is -4.57. The molecule has 0 aliphatic carbocycles. The molecule has 3 aromatic heterocycles. The molecule has 0 N–H and O–H groups in total. The Kier molecular flexibility index (Phi) is 5.15. The average Bonchev–Trinajstić information content (AvgIpc) is 2.97. The fourth-order valence-corrected chi connectivity index (χ4v) is 3.14. The SMILES string of the molecule is CCSc1ccc(Cl)nc1-c1nnc(-c2cc(C(F)(F)F)ncn2)n1C. The van der Waals surface area contributed by atoms with Gasteiger partial charge in [-0.3, -0.25) is 0 Å². The lowest BCUT2D eigenvalue weighted by Crippen LogP contribution is -2.09. The van der Waals surface area contributed by atoms with Gasteiger partial charge in [0.15, 0.2) is 11.6 Å². The summed E-state index contributed by atoms with van der Waals surface area (Å²) in [5, 5.41) is 8.34. The van der Waals surface area contributed by atoms with Crippen LogP contribution >= 0.6 is 23.4 Å². The second-order valence-electron chi connectivity index (χ2n) is 5.11. The van der Waals surface area contributed by atoms with E-state index < -0.39 is 11.9 Å². The van der Waals surface area contributed by atoms with Crippen LogP contribution in [0.1, 0.15) is 12.6 Å². The second-order valence-corrected chi connectivity index (χ2v) is 6.80. The van der Waals surface area contributed by atoms with Crippen LogP contribution < -0.4 is 0 Å². The number of rotatable bonds is 4. The standard InChI is InChI=1S/C15H12ClF3N6S/c1-3-26-9-4-5-11(16)22-12(9)14-24-23-13(25(14)2)8-6-10(15(17,18)19)21-7-20-8/h4-7H,3H2,1-2H3. The highest BCUT2D eigenvalue weighted by Gasteiger charge is 2.33. The summed E-state index contributed by atoms with van der Waals surface area (Å²) >= 11 is 7.54. The molecule has 0 aliphatic rings. The van der Waals surface area contributed by atoms with E-state index in [4.69, 9.17) is 11.6 Å². The van der Waals surface area contributed by atoms with Crippen LogP contribution in [0.25, 0.3) is 23.0 Å². The van der Waals surface area contributed by atoms with E-state index in [1.165, 1.54) is 4.57 Å². The first kappa shape index (κ1) is 18.6. The number of hydrogen-bond acceptors (Lipinski definition) is 6. The van der Waals surface area contributed by atoms with Crippen molar-refractivity contribution in [2.75, 3.05) is 5.75 Å². The third-order valence-electron chi connectivity index (χ3n) is 3.40. The molecule has 3 aromatic rings. The lowest BCUT2D eigenvalue weighted by molar-refractivity contribution is -0.141. The molecule has 0 saturated heterocycles. The molecule has 6 nitrogen and oxygen atoms in total. The summed E-state index contributed by atoms with van der Waals surface area (Å²) in [7, 11) is 1.63. The first-order chi connectivity index (χ1) is 12.3. The van der Waals surface area contributed by atoms with E-state index in [0.717, 1.165) is 23.0 Å². The molecular weight excluding hydrogens is 389 g/mol. The first-order valence-corrected chi connectivity index (χ1v) is 8.76. The van der Waals surface area contributed by atoms with Gasteiger partial charge >= 0.3 is 6.18 Å². The molecule has 3 rings (SSSR count). The monoisotopic (exact) mass is 400 g/mol. The normalized spacial score (nSPS) is 11.8. The maximum absolute atomic E-state index is 12.9. The number of aromatic nitrogens is 6. The van der Waals surface area contributed by atoms with Crippen LogP contribution in [0.5, 0.6) is 0 Å². The van der Waals surface area contributed by atoms with Gasteiger partial charge < -0.3 is 4.57 Å². The summed E-state index contributed by atoms with van der Waals surface area (Å²) in [6.07, 6.45) is -3.72.